The van der Waals surface area contributed by atoms with Gasteiger partial charge in [0.1, 0.15) is 5.57 Å². The molecule has 0 spiro atoms. The van der Waals surface area contributed by atoms with Crippen LogP contribution in [0, 0.1) is 0 Å². The molecule has 1 unspecified atom stereocenters. The van der Waals surface area contributed by atoms with Crippen molar-refractivity contribution in [2.24, 2.45) is 0 Å². The summed E-state index contributed by atoms with van der Waals surface area (Å²) in [4.78, 5) is 11.2. The number of cyclic esters (lactones) is 1. The molecule has 1 N–H and O–H groups in total. The van der Waals surface area contributed by atoms with E-state index in [1.165, 1.54) is 21.0 Å². The highest BCUT2D eigenvalue weighted by Gasteiger charge is 2.38. The summed E-state index contributed by atoms with van der Waals surface area (Å²) in [6.07, 6.45) is -0.196. The van der Waals surface area contributed by atoms with E-state index < -0.39 is 18.0 Å². The molecule has 74 valence electrons. The molecule has 0 bridgehead atoms. The highest BCUT2D eigenvalue weighted by molar-refractivity contribution is 5.89. The van der Waals surface area contributed by atoms with E-state index in [0.717, 1.165) is 6.26 Å². The second kappa shape index (κ2) is 3.35. The van der Waals surface area contributed by atoms with Gasteiger partial charge in [0.15, 0.2) is 6.29 Å². The van der Waals surface area contributed by atoms with Gasteiger partial charge in [0, 0.05) is 13.8 Å². The molecule has 0 aromatic carbocycles. The van der Waals surface area contributed by atoms with E-state index in [0.29, 0.717) is 0 Å². The maximum Gasteiger partial charge on any atom is 0.344 e. The maximum atomic E-state index is 11.2. The van der Waals surface area contributed by atoms with Crippen LogP contribution in [-0.4, -0.2) is 30.3 Å². The highest BCUT2D eigenvalue weighted by Crippen LogP contribution is 2.25. The third-order valence-electron chi connectivity index (χ3n) is 1.48. The van der Waals surface area contributed by atoms with Crippen molar-refractivity contribution in [2.75, 3.05) is 7.11 Å². The lowest BCUT2D eigenvalue weighted by molar-refractivity contribution is -0.280. The van der Waals surface area contributed by atoms with E-state index in [1.807, 2.05) is 0 Å². The Hall–Kier alpha value is -1.07. The van der Waals surface area contributed by atoms with Crippen molar-refractivity contribution in [3.8, 4) is 0 Å². The summed E-state index contributed by atoms with van der Waals surface area (Å²) in [5, 5.41) is 9.33. The molecule has 1 heterocycles. The van der Waals surface area contributed by atoms with Gasteiger partial charge in [0.05, 0.1) is 13.4 Å². The summed E-state index contributed by atoms with van der Waals surface area (Å²) in [6.45, 7) is 3.08. The van der Waals surface area contributed by atoms with Crippen LogP contribution in [0.3, 0.4) is 0 Å². The number of aliphatic hydroxyl groups excluding tert-OH is 1. The predicted octanol–water partition coefficient (Wildman–Crippen LogP) is 0.145. The van der Waals surface area contributed by atoms with Gasteiger partial charge >= 0.3 is 5.97 Å². The van der Waals surface area contributed by atoms with Gasteiger partial charge in [-0.25, -0.2) is 4.79 Å². The molecular weight excluding hydrogens is 176 g/mol. The number of esters is 1. The lowest BCUT2D eigenvalue weighted by Gasteiger charge is -2.33. The Kier molecular flexibility index (Phi) is 2.58. The molecule has 1 saturated heterocycles. The third kappa shape index (κ3) is 2.19. The standard InChI is InChI=1S/C8H12O5/c1-8(2)12-6(9)5(4-11-3)7(10)13-8/h4,6,9H,1-3H3. The molecule has 1 atom stereocenters. The van der Waals surface area contributed by atoms with Gasteiger partial charge in [0.25, 0.3) is 0 Å². The van der Waals surface area contributed by atoms with E-state index in [2.05, 4.69) is 4.74 Å². The summed E-state index contributed by atoms with van der Waals surface area (Å²) in [7, 11) is 1.37. The second-order valence-corrected chi connectivity index (χ2v) is 3.07. The maximum absolute atomic E-state index is 11.2. The normalized spacial score (nSPS) is 30.0. The van der Waals surface area contributed by atoms with Gasteiger partial charge in [-0.15, -0.1) is 0 Å². The molecular formula is C8H12O5. The van der Waals surface area contributed by atoms with Crippen LogP contribution in [0.5, 0.6) is 0 Å². The van der Waals surface area contributed by atoms with Gasteiger partial charge in [-0.2, -0.15) is 0 Å². The number of methoxy groups -OCH3 is 1. The van der Waals surface area contributed by atoms with Crippen molar-refractivity contribution in [3.05, 3.63) is 11.8 Å². The van der Waals surface area contributed by atoms with E-state index >= 15 is 0 Å². The summed E-state index contributed by atoms with van der Waals surface area (Å²) in [6, 6.07) is 0. The van der Waals surface area contributed by atoms with Crippen LogP contribution in [0.4, 0.5) is 0 Å². The van der Waals surface area contributed by atoms with Crippen LogP contribution in [0.15, 0.2) is 11.8 Å². The first-order valence-corrected chi connectivity index (χ1v) is 3.78. The van der Waals surface area contributed by atoms with Crippen molar-refractivity contribution >= 4 is 5.97 Å². The van der Waals surface area contributed by atoms with Crippen LogP contribution in [0.2, 0.25) is 0 Å². The Morgan fingerprint density at radius 1 is 1.62 bits per heavy atom. The number of carbonyl (C=O) groups is 1. The quantitative estimate of drug-likeness (QED) is 0.360. The average Bonchev–Trinajstić information content (AvgIpc) is 1.94. The molecule has 1 aliphatic heterocycles. The van der Waals surface area contributed by atoms with E-state index in [1.54, 1.807) is 0 Å². The van der Waals surface area contributed by atoms with Crippen LogP contribution in [0.1, 0.15) is 13.8 Å². The molecule has 5 heteroatoms. The number of hydrogen-bond acceptors (Lipinski definition) is 5. The molecule has 0 aromatic heterocycles. The van der Waals surface area contributed by atoms with Crippen LogP contribution in [0.25, 0.3) is 0 Å². The zero-order chi connectivity index (χ0) is 10.1. The van der Waals surface area contributed by atoms with Crippen LogP contribution < -0.4 is 0 Å². The molecule has 0 amide bonds. The number of rotatable bonds is 1. The Labute approximate surface area is 75.9 Å². The summed E-state index contributed by atoms with van der Waals surface area (Å²) in [5.41, 5.74) is -0.0400. The van der Waals surface area contributed by atoms with Gasteiger partial charge in [-0.1, -0.05) is 0 Å². The molecule has 0 aromatic rings. The Morgan fingerprint density at radius 2 is 2.23 bits per heavy atom. The van der Waals surface area contributed by atoms with E-state index in [9.17, 15) is 9.90 Å². The zero-order valence-electron chi connectivity index (χ0n) is 7.73. The SMILES string of the molecule is COC=C1C(=O)OC(C)(C)OC1O. The lowest BCUT2D eigenvalue weighted by Crippen LogP contribution is -2.44. The summed E-state index contributed by atoms with van der Waals surface area (Å²) in [5.74, 6) is -1.73. The van der Waals surface area contributed by atoms with Crippen molar-refractivity contribution < 1.29 is 24.1 Å². The summed E-state index contributed by atoms with van der Waals surface area (Å²) >= 11 is 0. The molecule has 1 rings (SSSR count). The first kappa shape index (κ1) is 10.0. The fourth-order valence-corrected chi connectivity index (χ4v) is 0.973. The molecule has 1 fully saturated rings. The van der Waals surface area contributed by atoms with Crippen molar-refractivity contribution in [1.29, 1.82) is 0 Å². The number of carbonyl (C=O) groups excluding carboxylic acids is 1. The van der Waals surface area contributed by atoms with Crippen molar-refractivity contribution in [2.45, 2.75) is 25.9 Å². The van der Waals surface area contributed by atoms with Crippen LogP contribution in [-0.2, 0) is 19.0 Å². The molecule has 13 heavy (non-hydrogen) atoms. The molecule has 0 saturated carbocycles. The van der Waals surface area contributed by atoms with Crippen molar-refractivity contribution in [3.63, 3.8) is 0 Å². The van der Waals surface area contributed by atoms with Gasteiger partial charge < -0.3 is 19.3 Å². The predicted molar refractivity (Wildman–Crippen MR) is 42.4 cm³/mol. The monoisotopic (exact) mass is 188 g/mol. The largest absolute Gasteiger partial charge is 0.504 e. The number of aliphatic hydroxyl groups is 1. The van der Waals surface area contributed by atoms with Gasteiger partial charge in [-0.05, 0) is 0 Å². The van der Waals surface area contributed by atoms with Gasteiger partial charge in [0.2, 0.25) is 5.79 Å². The summed E-state index contributed by atoms with van der Waals surface area (Å²) < 4.78 is 14.4. The third-order valence-corrected chi connectivity index (χ3v) is 1.48. The number of ether oxygens (including phenoxy) is 3. The minimum atomic E-state index is -1.30. The molecule has 0 radical (unpaired) electrons. The van der Waals surface area contributed by atoms with Crippen LogP contribution >= 0.6 is 0 Å². The minimum Gasteiger partial charge on any atom is -0.504 e. The second-order valence-electron chi connectivity index (χ2n) is 3.07. The van der Waals surface area contributed by atoms with Crippen molar-refractivity contribution in [1.82, 2.24) is 0 Å². The molecule has 5 nitrogen and oxygen atoms in total. The highest BCUT2D eigenvalue weighted by atomic mass is 16.8. The first-order chi connectivity index (χ1) is 5.96. The zero-order valence-corrected chi connectivity index (χ0v) is 7.73. The lowest BCUT2D eigenvalue weighted by atomic mass is 10.2. The smallest absolute Gasteiger partial charge is 0.344 e. The average molecular weight is 188 g/mol. The fourth-order valence-electron chi connectivity index (χ4n) is 0.973. The Bertz CT molecular complexity index is 243. The van der Waals surface area contributed by atoms with E-state index in [4.69, 9.17) is 9.47 Å². The fraction of sp³-hybridized carbons (Fsp3) is 0.625. The Morgan fingerprint density at radius 3 is 2.69 bits per heavy atom. The Balaban J connectivity index is 2.83. The molecule has 0 aliphatic carbocycles. The topological polar surface area (TPSA) is 65.0 Å². The van der Waals surface area contributed by atoms with E-state index in [-0.39, 0.29) is 5.57 Å². The van der Waals surface area contributed by atoms with Gasteiger partial charge in [-0.3, -0.25) is 0 Å². The number of hydrogen-bond donors (Lipinski definition) is 1. The minimum absolute atomic E-state index is 0.0400. The molecule has 1 aliphatic rings. The first-order valence-electron chi connectivity index (χ1n) is 3.78.